The summed E-state index contributed by atoms with van der Waals surface area (Å²) in [7, 11) is 3.54. The first-order valence-corrected chi connectivity index (χ1v) is 8.27. The van der Waals surface area contributed by atoms with E-state index in [4.69, 9.17) is 4.74 Å². The fourth-order valence-corrected chi connectivity index (χ4v) is 4.03. The molecule has 0 saturated carbocycles. The Balaban J connectivity index is 1.73. The van der Waals surface area contributed by atoms with Gasteiger partial charge in [0.15, 0.2) is 0 Å². The van der Waals surface area contributed by atoms with E-state index in [1.54, 1.807) is 12.0 Å². The van der Waals surface area contributed by atoms with Crippen LogP contribution < -0.4 is 4.74 Å². The summed E-state index contributed by atoms with van der Waals surface area (Å²) in [5.74, 6) is -0.0313. The van der Waals surface area contributed by atoms with Crippen molar-refractivity contribution < 1.29 is 19.4 Å². The summed E-state index contributed by atoms with van der Waals surface area (Å²) >= 11 is 0. The van der Waals surface area contributed by atoms with E-state index in [1.165, 1.54) is 0 Å². The molecular formula is C18H24N2O4. The Labute approximate surface area is 142 Å². The van der Waals surface area contributed by atoms with Crippen LogP contribution in [0.15, 0.2) is 24.3 Å². The van der Waals surface area contributed by atoms with Crippen molar-refractivity contribution in [3.05, 3.63) is 29.8 Å². The molecule has 3 rings (SSSR count). The van der Waals surface area contributed by atoms with Crippen LogP contribution in [0.4, 0.5) is 0 Å². The second kappa shape index (κ2) is 6.43. The summed E-state index contributed by atoms with van der Waals surface area (Å²) in [5.41, 5.74) is 0.0625. The van der Waals surface area contributed by atoms with Crippen LogP contribution in [-0.2, 0) is 16.0 Å². The minimum absolute atomic E-state index is 0.0130. The molecule has 24 heavy (non-hydrogen) atoms. The quantitative estimate of drug-likeness (QED) is 0.894. The number of carboxylic acid groups (broad SMARTS) is 1. The zero-order valence-corrected chi connectivity index (χ0v) is 14.2. The van der Waals surface area contributed by atoms with Crippen LogP contribution in [0.1, 0.15) is 12.0 Å². The number of rotatable bonds is 4. The molecule has 0 aliphatic carbocycles. The zero-order valence-electron chi connectivity index (χ0n) is 14.2. The molecule has 6 heteroatoms. The van der Waals surface area contributed by atoms with Crippen molar-refractivity contribution in [2.75, 3.05) is 40.3 Å². The Morgan fingerprint density at radius 1 is 1.38 bits per heavy atom. The number of carbonyl (C=O) groups is 2. The Morgan fingerprint density at radius 2 is 2.17 bits per heavy atom. The van der Waals surface area contributed by atoms with E-state index in [-0.39, 0.29) is 18.2 Å². The van der Waals surface area contributed by atoms with Crippen molar-refractivity contribution in [3.8, 4) is 5.75 Å². The first-order chi connectivity index (χ1) is 11.4. The average Bonchev–Trinajstić information content (AvgIpc) is 2.95. The third kappa shape index (κ3) is 2.98. The molecule has 2 heterocycles. The summed E-state index contributed by atoms with van der Waals surface area (Å²) in [6.07, 6.45) is 1.10. The van der Waals surface area contributed by atoms with Crippen molar-refractivity contribution >= 4 is 11.9 Å². The predicted octanol–water partition coefficient (Wildman–Crippen LogP) is 1.10. The lowest BCUT2D eigenvalue weighted by atomic mass is 9.73. The summed E-state index contributed by atoms with van der Waals surface area (Å²) in [6.45, 7) is 2.25. The highest BCUT2D eigenvalue weighted by molar-refractivity contribution is 5.82. The largest absolute Gasteiger partial charge is 0.497 e. The molecule has 6 nitrogen and oxygen atoms in total. The highest BCUT2D eigenvalue weighted by Crippen LogP contribution is 2.42. The fourth-order valence-electron chi connectivity index (χ4n) is 4.03. The molecule has 2 aliphatic heterocycles. The standard InChI is InChI=1S/C18H24N2O4/c1-19-7-6-14-10-20(12-18(14,11-19)17(22)23)16(21)9-13-4-3-5-15(8-13)24-2/h3-5,8,14H,6-7,9-12H2,1-2H3,(H,22,23)/t14-,18-/m0/s1. The van der Waals surface area contributed by atoms with Gasteiger partial charge in [-0.1, -0.05) is 12.1 Å². The van der Waals surface area contributed by atoms with E-state index in [0.29, 0.717) is 19.6 Å². The maximum absolute atomic E-state index is 12.7. The van der Waals surface area contributed by atoms with Crippen LogP contribution in [-0.4, -0.2) is 67.1 Å². The number of ether oxygens (including phenoxy) is 1. The van der Waals surface area contributed by atoms with Crippen LogP contribution in [0.2, 0.25) is 0 Å². The lowest BCUT2D eigenvalue weighted by Gasteiger charge is -2.39. The van der Waals surface area contributed by atoms with Gasteiger partial charge in [0.2, 0.25) is 5.91 Å². The molecule has 2 fully saturated rings. The first kappa shape index (κ1) is 16.8. The van der Waals surface area contributed by atoms with Crippen molar-refractivity contribution in [3.63, 3.8) is 0 Å². The van der Waals surface area contributed by atoms with E-state index in [0.717, 1.165) is 24.3 Å². The highest BCUT2D eigenvalue weighted by atomic mass is 16.5. The molecule has 1 aromatic rings. The minimum atomic E-state index is -0.822. The van der Waals surface area contributed by atoms with Crippen LogP contribution in [0.3, 0.4) is 0 Å². The fraction of sp³-hybridized carbons (Fsp3) is 0.556. The van der Waals surface area contributed by atoms with Gasteiger partial charge in [0.25, 0.3) is 0 Å². The van der Waals surface area contributed by atoms with Gasteiger partial charge in [0.1, 0.15) is 11.2 Å². The van der Waals surface area contributed by atoms with Crippen molar-refractivity contribution in [2.45, 2.75) is 12.8 Å². The molecule has 2 aliphatic rings. The van der Waals surface area contributed by atoms with Gasteiger partial charge in [-0.05, 0) is 43.6 Å². The molecule has 0 bridgehead atoms. The third-order valence-electron chi connectivity index (χ3n) is 5.37. The molecule has 130 valence electrons. The number of carbonyl (C=O) groups excluding carboxylic acids is 1. The van der Waals surface area contributed by atoms with Gasteiger partial charge in [-0.3, -0.25) is 9.59 Å². The molecule has 2 atom stereocenters. The number of likely N-dealkylation sites (tertiary alicyclic amines) is 2. The van der Waals surface area contributed by atoms with Crippen molar-refractivity contribution in [1.82, 2.24) is 9.80 Å². The van der Waals surface area contributed by atoms with E-state index < -0.39 is 11.4 Å². The Hall–Kier alpha value is -2.08. The van der Waals surface area contributed by atoms with Gasteiger partial charge >= 0.3 is 5.97 Å². The third-order valence-corrected chi connectivity index (χ3v) is 5.37. The Bertz CT molecular complexity index is 648. The van der Waals surface area contributed by atoms with Gasteiger partial charge in [-0.25, -0.2) is 0 Å². The number of methoxy groups -OCH3 is 1. The van der Waals surface area contributed by atoms with E-state index in [9.17, 15) is 14.7 Å². The Morgan fingerprint density at radius 3 is 2.88 bits per heavy atom. The molecule has 1 aromatic carbocycles. The van der Waals surface area contributed by atoms with E-state index in [2.05, 4.69) is 4.90 Å². The number of hydrogen-bond donors (Lipinski definition) is 1. The second-order valence-electron chi connectivity index (χ2n) is 6.99. The van der Waals surface area contributed by atoms with E-state index >= 15 is 0 Å². The summed E-state index contributed by atoms with van der Waals surface area (Å²) < 4.78 is 5.19. The van der Waals surface area contributed by atoms with Gasteiger partial charge in [-0.2, -0.15) is 0 Å². The molecule has 0 spiro atoms. The molecule has 2 saturated heterocycles. The Kier molecular flexibility index (Phi) is 4.49. The molecule has 0 aromatic heterocycles. The van der Waals surface area contributed by atoms with Gasteiger partial charge in [-0.15, -0.1) is 0 Å². The number of fused-ring (bicyclic) bond motifs is 1. The monoisotopic (exact) mass is 332 g/mol. The summed E-state index contributed by atoms with van der Waals surface area (Å²) in [5, 5.41) is 9.79. The highest BCUT2D eigenvalue weighted by Gasteiger charge is 2.55. The molecule has 1 amide bonds. The minimum Gasteiger partial charge on any atom is -0.497 e. The first-order valence-electron chi connectivity index (χ1n) is 8.27. The van der Waals surface area contributed by atoms with Crippen LogP contribution >= 0.6 is 0 Å². The van der Waals surface area contributed by atoms with Crippen LogP contribution in [0.5, 0.6) is 5.75 Å². The number of hydrogen-bond acceptors (Lipinski definition) is 4. The average molecular weight is 332 g/mol. The maximum atomic E-state index is 12.7. The molecule has 0 radical (unpaired) electrons. The van der Waals surface area contributed by atoms with Gasteiger partial charge < -0.3 is 19.6 Å². The summed E-state index contributed by atoms with van der Waals surface area (Å²) in [4.78, 5) is 28.4. The lowest BCUT2D eigenvalue weighted by molar-refractivity contribution is -0.154. The van der Waals surface area contributed by atoms with Gasteiger partial charge in [0.05, 0.1) is 13.5 Å². The number of nitrogens with zero attached hydrogens (tertiary/aromatic N) is 2. The number of piperidine rings is 1. The maximum Gasteiger partial charge on any atom is 0.313 e. The lowest BCUT2D eigenvalue weighted by Crippen LogP contribution is -2.52. The van der Waals surface area contributed by atoms with Gasteiger partial charge in [0, 0.05) is 19.6 Å². The second-order valence-corrected chi connectivity index (χ2v) is 6.99. The SMILES string of the molecule is COc1cccc(CC(=O)N2C[C@@H]3CCN(C)C[C@]3(C(=O)O)C2)c1. The number of carboxylic acids is 1. The molecular weight excluding hydrogens is 308 g/mol. The molecule has 0 unspecified atom stereocenters. The number of aliphatic carboxylic acids is 1. The topological polar surface area (TPSA) is 70.1 Å². The molecule has 1 N–H and O–H groups in total. The predicted molar refractivity (Wildman–Crippen MR) is 89.0 cm³/mol. The zero-order chi connectivity index (χ0) is 17.3. The normalized spacial score (nSPS) is 26.9. The smallest absolute Gasteiger partial charge is 0.313 e. The van der Waals surface area contributed by atoms with Crippen molar-refractivity contribution in [2.24, 2.45) is 11.3 Å². The number of benzene rings is 1. The van der Waals surface area contributed by atoms with Crippen LogP contribution in [0, 0.1) is 11.3 Å². The van der Waals surface area contributed by atoms with Crippen molar-refractivity contribution in [1.29, 1.82) is 0 Å². The van der Waals surface area contributed by atoms with Crippen LogP contribution in [0.25, 0.3) is 0 Å². The number of amides is 1. The summed E-state index contributed by atoms with van der Waals surface area (Å²) in [6, 6.07) is 7.44. The van der Waals surface area contributed by atoms with E-state index in [1.807, 2.05) is 31.3 Å².